The van der Waals surface area contributed by atoms with Crippen molar-refractivity contribution in [2.24, 2.45) is 0 Å². The third-order valence-electron chi connectivity index (χ3n) is 3.52. The lowest BCUT2D eigenvalue weighted by molar-refractivity contribution is -0.265. The molecule has 1 fully saturated rings. The Morgan fingerprint density at radius 1 is 1.24 bits per heavy atom. The van der Waals surface area contributed by atoms with Crippen molar-refractivity contribution in [3.05, 3.63) is 24.3 Å². The molecule has 0 radical (unpaired) electrons. The SMILES string of the molecule is COc1cccc(N[C@@H]2[C@@H](O)[C@@H](CO)O[C@@H](OC)[C@@H]2O)c1. The second-order valence-corrected chi connectivity index (χ2v) is 4.84. The molecule has 5 atom stereocenters. The Balaban J connectivity index is 2.17. The summed E-state index contributed by atoms with van der Waals surface area (Å²) in [4.78, 5) is 0. The van der Waals surface area contributed by atoms with E-state index in [1.807, 2.05) is 0 Å². The molecule has 0 saturated carbocycles. The first-order valence-electron chi connectivity index (χ1n) is 6.66. The standard InChI is InChI=1S/C14H21NO6/c1-19-9-5-3-4-8(6-9)15-11-12(17)10(7-16)21-14(20-2)13(11)18/h3-6,10-18H,7H2,1-2H3/t10-,11-,12+,13-,14-/m1/s1. The molecule has 0 aliphatic carbocycles. The summed E-state index contributed by atoms with van der Waals surface area (Å²) >= 11 is 0. The van der Waals surface area contributed by atoms with Crippen LogP contribution >= 0.6 is 0 Å². The number of nitrogens with one attached hydrogen (secondary N) is 1. The van der Waals surface area contributed by atoms with Gasteiger partial charge < -0.3 is 34.8 Å². The van der Waals surface area contributed by atoms with Gasteiger partial charge in [0.1, 0.15) is 24.1 Å². The average molecular weight is 299 g/mol. The summed E-state index contributed by atoms with van der Waals surface area (Å²) in [6.07, 6.45) is -3.92. The third-order valence-corrected chi connectivity index (χ3v) is 3.52. The van der Waals surface area contributed by atoms with Crippen LogP contribution in [0, 0.1) is 0 Å². The van der Waals surface area contributed by atoms with Crippen molar-refractivity contribution in [1.82, 2.24) is 0 Å². The topological polar surface area (TPSA) is 100 Å². The van der Waals surface area contributed by atoms with Gasteiger partial charge in [-0.15, -0.1) is 0 Å². The first-order chi connectivity index (χ1) is 10.1. The minimum Gasteiger partial charge on any atom is -0.497 e. The minimum atomic E-state index is -1.08. The molecule has 1 aliphatic rings. The first kappa shape index (κ1) is 16.0. The van der Waals surface area contributed by atoms with Gasteiger partial charge in [0.2, 0.25) is 0 Å². The molecule has 1 heterocycles. The molecule has 0 unspecified atom stereocenters. The van der Waals surface area contributed by atoms with E-state index in [2.05, 4.69) is 5.32 Å². The van der Waals surface area contributed by atoms with E-state index in [9.17, 15) is 15.3 Å². The van der Waals surface area contributed by atoms with Crippen LogP contribution in [0.3, 0.4) is 0 Å². The highest BCUT2D eigenvalue weighted by Gasteiger charge is 2.44. The maximum atomic E-state index is 10.2. The maximum absolute atomic E-state index is 10.2. The van der Waals surface area contributed by atoms with Gasteiger partial charge in [-0.2, -0.15) is 0 Å². The van der Waals surface area contributed by atoms with Crippen LogP contribution in [0.1, 0.15) is 0 Å². The Kier molecular flexibility index (Phi) is 5.38. The fourth-order valence-electron chi connectivity index (χ4n) is 2.36. The van der Waals surface area contributed by atoms with Crippen LogP contribution in [0.2, 0.25) is 0 Å². The second kappa shape index (κ2) is 7.06. The van der Waals surface area contributed by atoms with E-state index < -0.39 is 30.6 Å². The van der Waals surface area contributed by atoms with Gasteiger partial charge in [0, 0.05) is 18.9 Å². The van der Waals surface area contributed by atoms with Crippen molar-refractivity contribution < 1.29 is 29.5 Å². The normalized spacial score (nSPS) is 32.7. The van der Waals surface area contributed by atoms with Gasteiger partial charge in [-0.3, -0.25) is 0 Å². The van der Waals surface area contributed by atoms with Gasteiger partial charge in [-0.1, -0.05) is 6.07 Å². The smallest absolute Gasteiger partial charge is 0.185 e. The molecule has 0 bridgehead atoms. The molecule has 118 valence electrons. The van der Waals surface area contributed by atoms with Crippen LogP contribution in [-0.2, 0) is 9.47 Å². The molecule has 0 aromatic heterocycles. The number of methoxy groups -OCH3 is 2. The molecule has 7 heteroatoms. The molecule has 4 N–H and O–H groups in total. The predicted octanol–water partition coefficient (Wildman–Crippen LogP) is -0.439. The van der Waals surface area contributed by atoms with Crippen molar-refractivity contribution >= 4 is 5.69 Å². The summed E-state index contributed by atoms with van der Waals surface area (Å²) in [7, 11) is 2.95. The molecule has 1 aromatic rings. The van der Waals surface area contributed by atoms with Crippen molar-refractivity contribution in [2.45, 2.75) is 30.6 Å². The van der Waals surface area contributed by atoms with E-state index in [4.69, 9.17) is 14.2 Å². The van der Waals surface area contributed by atoms with Gasteiger partial charge in [-0.25, -0.2) is 0 Å². The predicted molar refractivity (Wildman–Crippen MR) is 75.2 cm³/mol. The fraction of sp³-hybridized carbons (Fsp3) is 0.571. The quantitative estimate of drug-likeness (QED) is 0.585. The summed E-state index contributed by atoms with van der Waals surface area (Å²) in [6, 6.07) is 6.36. The van der Waals surface area contributed by atoms with Crippen LogP contribution < -0.4 is 10.1 Å². The minimum absolute atomic E-state index is 0.371. The number of aliphatic hydroxyl groups is 3. The van der Waals surface area contributed by atoms with Gasteiger partial charge in [-0.05, 0) is 12.1 Å². The summed E-state index contributed by atoms with van der Waals surface area (Å²) in [6.45, 7) is -0.371. The monoisotopic (exact) mass is 299 g/mol. The molecule has 0 amide bonds. The number of anilines is 1. The van der Waals surface area contributed by atoms with E-state index in [1.165, 1.54) is 7.11 Å². The maximum Gasteiger partial charge on any atom is 0.185 e. The molecule has 0 spiro atoms. The van der Waals surface area contributed by atoms with Gasteiger partial charge in [0.05, 0.1) is 19.8 Å². The second-order valence-electron chi connectivity index (χ2n) is 4.84. The molecular formula is C14H21NO6. The Morgan fingerprint density at radius 3 is 2.62 bits per heavy atom. The fourth-order valence-corrected chi connectivity index (χ4v) is 2.36. The molecule has 1 aliphatic heterocycles. The van der Waals surface area contributed by atoms with E-state index in [0.29, 0.717) is 11.4 Å². The van der Waals surface area contributed by atoms with Crippen molar-refractivity contribution in [3.63, 3.8) is 0 Å². The zero-order valence-electron chi connectivity index (χ0n) is 12.0. The summed E-state index contributed by atoms with van der Waals surface area (Å²) in [5, 5.41) is 32.7. The molecule has 1 aromatic carbocycles. The average Bonchev–Trinajstić information content (AvgIpc) is 2.52. The Bertz CT molecular complexity index is 441. The Labute approximate surface area is 123 Å². The summed E-state index contributed by atoms with van der Waals surface area (Å²) in [5.74, 6) is 0.651. The van der Waals surface area contributed by atoms with E-state index >= 15 is 0 Å². The van der Waals surface area contributed by atoms with Crippen LogP contribution in [-0.4, -0.2) is 66.8 Å². The lowest BCUT2D eigenvalue weighted by Crippen LogP contribution is -2.61. The van der Waals surface area contributed by atoms with E-state index in [0.717, 1.165) is 0 Å². The summed E-state index contributed by atoms with van der Waals surface area (Å²) < 4.78 is 15.5. The molecule has 2 rings (SSSR count). The number of rotatable bonds is 5. The van der Waals surface area contributed by atoms with Gasteiger partial charge >= 0.3 is 0 Å². The van der Waals surface area contributed by atoms with Crippen LogP contribution in [0.5, 0.6) is 5.75 Å². The van der Waals surface area contributed by atoms with Crippen molar-refractivity contribution in [2.75, 3.05) is 26.1 Å². The van der Waals surface area contributed by atoms with E-state index in [-0.39, 0.29) is 6.61 Å². The van der Waals surface area contributed by atoms with Crippen LogP contribution in [0.4, 0.5) is 5.69 Å². The summed E-state index contributed by atoms with van der Waals surface area (Å²) in [5.41, 5.74) is 0.672. The number of ether oxygens (including phenoxy) is 3. The molecule has 7 nitrogen and oxygen atoms in total. The number of hydrogen-bond donors (Lipinski definition) is 4. The zero-order chi connectivity index (χ0) is 15.4. The Hall–Kier alpha value is -1.38. The number of hydrogen-bond acceptors (Lipinski definition) is 7. The number of benzene rings is 1. The van der Waals surface area contributed by atoms with Gasteiger partial charge in [0.25, 0.3) is 0 Å². The highest BCUT2D eigenvalue weighted by Crippen LogP contribution is 2.26. The first-order valence-corrected chi connectivity index (χ1v) is 6.66. The number of aliphatic hydroxyl groups excluding tert-OH is 3. The highest BCUT2D eigenvalue weighted by atomic mass is 16.7. The van der Waals surface area contributed by atoms with E-state index in [1.54, 1.807) is 31.4 Å². The highest BCUT2D eigenvalue weighted by molar-refractivity contribution is 5.49. The molecular weight excluding hydrogens is 278 g/mol. The van der Waals surface area contributed by atoms with Crippen LogP contribution in [0.25, 0.3) is 0 Å². The Morgan fingerprint density at radius 2 is 2.00 bits per heavy atom. The third kappa shape index (κ3) is 3.45. The van der Waals surface area contributed by atoms with Crippen molar-refractivity contribution in [3.8, 4) is 5.75 Å². The largest absolute Gasteiger partial charge is 0.497 e. The lowest BCUT2D eigenvalue weighted by atomic mass is 9.96. The molecule has 1 saturated heterocycles. The molecule has 21 heavy (non-hydrogen) atoms. The lowest BCUT2D eigenvalue weighted by Gasteiger charge is -2.42. The van der Waals surface area contributed by atoms with Gasteiger partial charge in [0.15, 0.2) is 6.29 Å². The zero-order valence-corrected chi connectivity index (χ0v) is 12.0. The van der Waals surface area contributed by atoms with Crippen LogP contribution in [0.15, 0.2) is 24.3 Å². The van der Waals surface area contributed by atoms with Crippen molar-refractivity contribution in [1.29, 1.82) is 0 Å².